The molecule has 1 aliphatic carbocycles. The molecule has 1 saturated carbocycles. The van der Waals surface area contributed by atoms with Crippen molar-refractivity contribution in [3.05, 3.63) is 36.0 Å². The number of nitrogens with zero attached hydrogens (tertiary/aromatic N) is 2. The number of hydrogen-bond donors (Lipinski definition) is 3. The number of hydrogen-bond acceptors (Lipinski definition) is 6. The topological polar surface area (TPSA) is 84.1 Å². The zero-order chi connectivity index (χ0) is 19.3. The first-order chi connectivity index (χ1) is 13.8. The van der Waals surface area contributed by atoms with Crippen molar-refractivity contribution in [1.29, 1.82) is 0 Å². The number of fused-ring (bicyclic) bond motifs is 1. The molecular weight excluding hydrogens is 354 g/mol. The highest BCUT2D eigenvalue weighted by molar-refractivity contribution is 5.88. The van der Waals surface area contributed by atoms with E-state index in [0.717, 1.165) is 40.3 Å². The summed E-state index contributed by atoms with van der Waals surface area (Å²) < 4.78 is 10.7. The molecule has 7 nitrogen and oxygen atoms in total. The molecule has 1 aliphatic rings. The molecule has 4 rings (SSSR count). The number of ether oxygens (including phenoxy) is 2. The Morgan fingerprint density at radius 2 is 2.00 bits per heavy atom. The summed E-state index contributed by atoms with van der Waals surface area (Å²) in [6.45, 7) is 0.639. The maximum Gasteiger partial charge on any atom is 0.231 e. The average Bonchev–Trinajstić information content (AvgIpc) is 3.38. The second-order valence-corrected chi connectivity index (χ2v) is 7.16. The zero-order valence-corrected chi connectivity index (χ0v) is 16.4. The lowest BCUT2D eigenvalue weighted by molar-refractivity contribution is 0.201. The van der Waals surface area contributed by atoms with Crippen LogP contribution in [0.3, 0.4) is 0 Å². The quantitative estimate of drug-likeness (QED) is 0.541. The lowest BCUT2D eigenvalue weighted by atomic mass is 10.1. The van der Waals surface area contributed by atoms with Gasteiger partial charge in [-0.3, -0.25) is 0 Å². The lowest BCUT2D eigenvalue weighted by Gasteiger charge is -2.15. The Morgan fingerprint density at radius 1 is 1.14 bits per heavy atom. The minimum Gasteiger partial charge on any atom is -0.496 e. The van der Waals surface area contributed by atoms with Crippen LogP contribution in [0.15, 0.2) is 30.5 Å². The highest BCUT2D eigenvalue weighted by Crippen LogP contribution is 2.29. The predicted octanol–water partition coefficient (Wildman–Crippen LogP) is 4.25. The van der Waals surface area contributed by atoms with E-state index < -0.39 is 0 Å². The van der Waals surface area contributed by atoms with Crippen molar-refractivity contribution in [2.24, 2.45) is 0 Å². The number of aromatic amines is 1. The molecule has 7 heteroatoms. The molecular formula is C21H27N5O2. The number of anilines is 3. The van der Waals surface area contributed by atoms with E-state index in [1.165, 1.54) is 25.7 Å². The molecule has 1 fully saturated rings. The van der Waals surface area contributed by atoms with Gasteiger partial charge in [0.05, 0.1) is 19.1 Å². The fraction of sp³-hybridized carbons (Fsp3) is 0.429. The number of methoxy groups -OCH3 is 2. The van der Waals surface area contributed by atoms with Crippen molar-refractivity contribution in [3.63, 3.8) is 0 Å². The maximum atomic E-state index is 5.46. The summed E-state index contributed by atoms with van der Waals surface area (Å²) in [7, 11) is 3.38. The molecule has 3 aromatic rings. The molecule has 2 heterocycles. The van der Waals surface area contributed by atoms with E-state index in [-0.39, 0.29) is 0 Å². The van der Waals surface area contributed by atoms with Crippen LogP contribution in [-0.4, -0.2) is 41.8 Å². The highest BCUT2D eigenvalue weighted by Gasteiger charge is 2.18. The standard InChI is InChI=1S/C21H27N5O2/c1-27-12-10-14-13-16(7-8-18(14)28-2)24-21-25-19-17(9-11-22-19)20(26-21)23-15-5-3-4-6-15/h7-9,11,13,15H,3-6,10,12H2,1-2H3,(H3,22,23,24,25,26). The first-order valence-corrected chi connectivity index (χ1v) is 9.81. The van der Waals surface area contributed by atoms with Crippen LogP contribution >= 0.6 is 0 Å². The van der Waals surface area contributed by atoms with Crippen molar-refractivity contribution in [2.45, 2.75) is 38.1 Å². The van der Waals surface area contributed by atoms with Crippen LogP contribution in [0, 0.1) is 0 Å². The van der Waals surface area contributed by atoms with Crippen LogP contribution in [0.4, 0.5) is 17.5 Å². The monoisotopic (exact) mass is 381 g/mol. The van der Waals surface area contributed by atoms with Crippen molar-refractivity contribution in [1.82, 2.24) is 15.0 Å². The highest BCUT2D eigenvalue weighted by atomic mass is 16.5. The zero-order valence-electron chi connectivity index (χ0n) is 16.4. The Hall–Kier alpha value is -2.80. The first kappa shape index (κ1) is 18.6. The summed E-state index contributed by atoms with van der Waals surface area (Å²) in [4.78, 5) is 12.6. The largest absolute Gasteiger partial charge is 0.496 e. The fourth-order valence-electron chi connectivity index (χ4n) is 3.76. The van der Waals surface area contributed by atoms with Gasteiger partial charge in [0.1, 0.15) is 17.2 Å². The number of benzene rings is 1. The Balaban J connectivity index is 1.60. The summed E-state index contributed by atoms with van der Waals surface area (Å²) in [6.07, 6.45) is 7.62. The van der Waals surface area contributed by atoms with Gasteiger partial charge in [-0.2, -0.15) is 9.97 Å². The Kier molecular flexibility index (Phi) is 5.62. The van der Waals surface area contributed by atoms with Crippen molar-refractivity contribution >= 4 is 28.5 Å². The molecule has 3 N–H and O–H groups in total. The third-order valence-corrected chi connectivity index (χ3v) is 5.22. The lowest BCUT2D eigenvalue weighted by Crippen LogP contribution is -2.16. The van der Waals surface area contributed by atoms with Gasteiger partial charge in [-0.05, 0) is 49.1 Å². The second-order valence-electron chi connectivity index (χ2n) is 7.16. The Bertz CT molecular complexity index is 934. The number of rotatable bonds is 8. The smallest absolute Gasteiger partial charge is 0.231 e. The van der Waals surface area contributed by atoms with Gasteiger partial charge in [-0.15, -0.1) is 0 Å². The number of H-pyrrole nitrogens is 1. The molecule has 28 heavy (non-hydrogen) atoms. The molecule has 0 bridgehead atoms. The first-order valence-electron chi connectivity index (χ1n) is 9.81. The third-order valence-electron chi connectivity index (χ3n) is 5.22. The molecule has 0 amide bonds. The van der Waals surface area contributed by atoms with Crippen LogP contribution in [0.2, 0.25) is 0 Å². The van der Waals surface area contributed by atoms with E-state index >= 15 is 0 Å². The fourth-order valence-corrected chi connectivity index (χ4v) is 3.76. The van der Waals surface area contributed by atoms with Gasteiger partial charge in [0.25, 0.3) is 0 Å². The van der Waals surface area contributed by atoms with Gasteiger partial charge in [-0.1, -0.05) is 12.8 Å². The summed E-state index contributed by atoms with van der Waals surface area (Å²) in [5, 5.41) is 7.97. The minimum atomic E-state index is 0.488. The van der Waals surface area contributed by atoms with Crippen molar-refractivity contribution < 1.29 is 9.47 Å². The van der Waals surface area contributed by atoms with E-state index in [9.17, 15) is 0 Å². The normalized spacial score (nSPS) is 14.5. The summed E-state index contributed by atoms with van der Waals surface area (Å²) >= 11 is 0. The Morgan fingerprint density at radius 3 is 2.79 bits per heavy atom. The predicted molar refractivity (Wildman–Crippen MR) is 112 cm³/mol. The van der Waals surface area contributed by atoms with E-state index in [4.69, 9.17) is 14.5 Å². The van der Waals surface area contributed by atoms with Crippen LogP contribution in [-0.2, 0) is 11.2 Å². The van der Waals surface area contributed by atoms with E-state index in [1.54, 1.807) is 14.2 Å². The van der Waals surface area contributed by atoms with Crippen molar-refractivity contribution in [2.75, 3.05) is 31.5 Å². The van der Waals surface area contributed by atoms with E-state index in [1.807, 2.05) is 24.4 Å². The molecule has 0 radical (unpaired) electrons. The Labute approximate surface area is 164 Å². The van der Waals surface area contributed by atoms with Gasteiger partial charge in [0.15, 0.2) is 0 Å². The van der Waals surface area contributed by atoms with Gasteiger partial charge >= 0.3 is 0 Å². The molecule has 2 aromatic heterocycles. The second kappa shape index (κ2) is 8.48. The van der Waals surface area contributed by atoms with Gasteiger partial charge in [-0.25, -0.2) is 0 Å². The average molecular weight is 381 g/mol. The molecule has 0 atom stereocenters. The van der Waals surface area contributed by atoms with E-state index in [2.05, 4.69) is 26.7 Å². The van der Waals surface area contributed by atoms with Crippen molar-refractivity contribution in [3.8, 4) is 5.75 Å². The maximum absolute atomic E-state index is 5.46. The summed E-state index contributed by atoms with van der Waals surface area (Å²) in [5.41, 5.74) is 2.83. The van der Waals surface area contributed by atoms with Gasteiger partial charge < -0.3 is 25.1 Å². The van der Waals surface area contributed by atoms with Crippen LogP contribution in [0.25, 0.3) is 11.0 Å². The molecule has 0 saturated heterocycles. The van der Waals surface area contributed by atoms with Gasteiger partial charge in [0.2, 0.25) is 5.95 Å². The van der Waals surface area contributed by atoms with Crippen LogP contribution in [0.5, 0.6) is 5.75 Å². The van der Waals surface area contributed by atoms with Gasteiger partial charge in [0, 0.05) is 25.0 Å². The molecule has 1 aromatic carbocycles. The molecule has 0 spiro atoms. The summed E-state index contributed by atoms with van der Waals surface area (Å²) in [6, 6.07) is 8.50. The third kappa shape index (κ3) is 4.04. The SMILES string of the molecule is COCCc1cc(Nc2nc(NC3CCCC3)c3cc[nH]c3n2)ccc1OC. The number of nitrogens with one attached hydrogen (secondary N) is 3. The molecule has 0 aliphatic heterocycles. The molecule has 148 valence electrons. The van der Waals surface area contributed by atoms with E-state index in [0.29, 0.717) is 18.6 Å². The van der Waals surface area contributed by atoms with Crippen LogP contribution < -0.4 is 15.4 Å². The number of aromatic nitrogens is 3. The summed E-state index contributed by atoms with van der Waals surface area (Å²) in [5.74, 6) is 2.30. The molecule has 0 unspecified atom stereocenters. The van der Waals surface area contributed by atoms with Crippen LogP contribution in [0.1, 0.15) is 31.2 Å². The minimum absolute atomic E-state index is 0.488.